The first-order valence-corrected chi connectivity index (χ1v) is 7.32. The summed E-state index contributed by atoms with van der Waals surface area (Å²) in [6.07, 6.45) is 0.966. The van der Waals surface area contributed by atoms with Crippen molar-refractivity contribution < 1.29 is 4.74 Å². The standard InChI is InChI=1S/C16H15Cl2NO/c1-19-16(13-4-3-12(17)9-14(13)18)11-2-5-15-10(8-11)6-7-20-15/h2-5,8-9,16,19H,6-7H2,1H3. The van der Waals surface area contributed by atoms with Crippen molar-refractivity contribution in [2.75, 3.05) is 13.7 Å². The maximum atomic E-state index is 6.32. The zero-order valence-corrected chi connectivity index (χ0v) is 12.6. The van der Waals surface area contributed by atoms with Crippen LogP contribution in [0.25, 0.3) is 0 Å². The van der Waals surface area contributed by atoms with Gasteiger partial charge in [0, 0.05) is 16.5 Å². The topological polar surface area (TPSA) is 21.3 Å². The van der Waals surface area contributed by atoms with E-state index in [9.17, 15) is 0 Å². The average molecular weight is 308 g/mol. The van der Waals surface area contributed by atoms with Crippen molar-refractivity contribution in [2.45, 2.75) is 12.5 Å². The van der Waals surface area contributed by atoms with Crippen LogP contribution in [0.3, 0.4) is 0 Å². The molecule has 1 heterocycles. The van der Waals surface area contributed by atoms with Crippen molar-refractivity contribution in [3.63, 3.8) is 0 Å². The van der Waals surface area contributed by atoms with Gasteiger partial charge in [-0.2, -0.15) is 0 Å². The molecule has 1 aliphatic heterocycles. The van der Waals surface area contributed by atoms with Gasteiger partial charge in [-0.15, -0.1) is 0 Å². The van der Waals surface area contributed by atoms with E-state index < -0.39 is 0 Å². The largest absolute Gasteiger partial charge is 0.493 e. The van der Waals surface area contributed by atoms with E-state index in [-0.39, 0.29) is 6.04 Å². The van der Waals surface area contributed by atoms with Gasteiger partial charge in [0.25, 0.3) is 0 Å². The molecule has 1 unspecified atom stereocenters. The van der Waals surface area contributed by atoms with Gasteiger partial charge >= 0.3 is 0 Å². The van der Waals surface area contributed by atoms with Crippen LogP contribution in [0.2, 0.25) is 10.0 Å². The van der Waals surface area contributed by atoms with Gasteiger partial charge in [0.1, 0.15) is 5.75 Å². The molecule has 2 nitrogen and oxygen atoms in total. The van der Waals surface area contributed by atoms with Crippen molar-refractivity contribution in [1.29, 1.82) is 0 Å². The summed E-state index contributed by atoms with van der Waals surface area (Å²) in [5, 5.41) is 4.64. The highest BCUT2D eigenvalue weighted by Gasteiger charge is 2.19. The predicted octanol–water partition coefficient (Wildman–Crippen LogP) is 4.24. The van der Waals surface area contributed by atoms with E-state index in [1.165, 1.54) is 11.1 Å². The lowest BCUT2D eigenvalue weighted by Gasteiger charge is -2.19. The molecule has 0 radical (unpaired) electrons. The summed E-state index contributed by atoms with van der Waals surface area (Å²) in [7, 11) is 1.93. The minimum atomic E-state index is 0.0469. The van der Waals surface area contributed by atoms with E-state index in [1.807, 2.05) is 25.2 Å². The maximum absolute atomic E-state index is 6.32. The molecule has 4 heteroatoms. The second-order valence-electron chi connectivity index (χ2n) is 4.85. The third-order valence-corrected chi connectivity index (χ3v) is 4.17. The summed E-state index contributed by atoms with van der Waals surface area (Å²) in [6.45, 7) is 0.769. The van der Waals surface area contributed by atoms with Crippen LogP contribution in [-0.2, 0) is 6.42 Å². The quantitative estimate of drug-likeness (QED) is 0.916. The molecule has 2 aromatic rings. The summed E-state index contributed by atoms with van der Waals surface area (Å²) in [4.78, 5) is 0. The number of ether oxygens (including phenoxy) is 1. The van der Waals surface area contributed by atoms with E-state index in [4.69, 9.17) is 27.9 Å². The molecule has 1 aliphatic rings. The Balaban J connectivity index is 2.01. The lowest BCUT2D eigenvalue weighted by Crippen LogP contribution is -2.18. The van der Waals surface area contributed by atoms with Gasteiger partial charge < -0.3 is 10.1 Å². The molecule has 1 atom stereocenters. The summed E-state index contributed by atoms with van der Waals surface area (Å²) in [5.74, 6) is 0.991. The molecular weight excluding hydrogens is 293 g/mol. The minimum Gasteiger partial charge on any atom is -0.493 e. The van der Waals surface area contributed by atoms with Crippen molar-refractivity contribution >= 4 is 23.2 Å². The predicted molar refractivity (Wildman–Crippen MR) is 83.0 cm³/mol. The van der Waals surface area contributed by atoms with Crippen LogP contribution in [0.4, 0.5) is 0 Å². The van der Waals surface area contributed by atoms with Gasteiger partial charge in [-0.1, -0.05) is 41.4 Å². The first-order chi connectivity index (χ1) is 9.69. The lowest BCUT2D eigenvalue weighted by molar-refractivity contribution is 0.357. The Bertz CT molecular complexity index is 642. The molecule has 3 rings (SSSR count). The van der Waals surface area contributed by atoms with Gasteiger partial charge in [0.2, 0.25) is 0 Å². The fourth-order valence-electron chi connectivity index (χ4n) is 2.62. The Kier molecular flexibility index (Phi) is 3.88. The van der Waals surface area contributed by atoms with Gasteiger partial charge in [-0.05, 0) is 41.9 Å². The summed E-state index contributed by atoms with van der Waals surface area (Å²) < 4.78 is 5.55. The molecule has 0 bridgehead atoms. The SMILES string of the molecule is CNC(c1ccc2c(c1)CCO2)c1ccc(Cl)cc1Cl. The number of fused-ring (bicyclic) bond motifs is 1. The van der Waals surface area contributed by atoms with E-state index in [0.29, 0.717) is 10.0 Å². The van der Waals surface area contributed by atoms with Crippen LogP contribution < -0.4 is 10.1 Å². The number of hydrogen-bond acceptors (Lipinski definition) is 2. The second kappa shape index (κ2) is 5.65. The molecule has 0 amide bonds. The second-order valence-corrected chi connectivity index (χ2v) is 5.70. The molecule has 0 aliphatic carbocycles. The molecule has 2 aromatic carbocycles. The van der Waals surface area contributed by atoms with Crippen LogP contribution in [0.15, 0.2) is 36.4 Å². The number of halogens is 2. The number of nitrogens with one attached hydrogen (secondary N) is 1. The minimum absolute atomic E-state index is 0.0469. The monoisotopic (exact) mass is 307 g/mol. The third-order valence-electron chi connectivity index (χ3n) is 3.61. The smallest absolute Gasteiger partial charge is 0.122 e. The fraction of sp³-hybridized carbons (Fsp3) is 0.250. The van der Waals surface area contributed by atoms with Gasteiger partial charge in [0.05, 0.1) is 12.6 Å². The van der Waals surface area contributed by atoms with Crippen LogP contribution in [0.1, 0.15) is 22.7 Å². The van der Waals surface area contributed by atoms with Crippen LogP contribution >= 0.6 is 23.2 Å². The number of benzene rings is 2. The van der Waals surface area contributed by atoms with Gasteiger partial charge in [0.15, 0.2) is 0 Å². The Morgan fingerprint density at radius 3 is 2.75 bits per heavy atom. The molecule has 20 heavy (non-hydrogen) atoms. The van der Waals surface area contributed by atoms with Gasteiger partial charge in [-0.25, -0.2) is 0 Å². The van der Waals surface area contributed by atoms with Crippen LogP contribution in [0.5, 0.6) is 5.75 Å². The Morgan fingerprint density at radius 1 is 1.15 bits per heavy atom. The molecule has 0 aromatic heterocycles. The van der Waals surface area contributed by atoms with Crippen molar-refractivity contribution in [3.05, 3.63) is 63.1 Å². The summed E-state index contributed by atoms with van der Waals surface area (Å²) >= 11 is 12.3. The first kappa shape index (κ1) is 13.7. The van der Waals surface area contributed by atoms with Crippen molar-refractivity contribution in [2.24, 2.45) is 0 Å². The van der Waals surface area contributed by atoms with Crippen molar-refractivity contribution in [1.82, 2.24) is 5.32 Å². The zero-order valence-electron chi connectivity index (χ0n) is 11.1. The fourth-order valence-corrected chi connectivity index (χ4v) is 3.14. The highest BCUT2D eigenvalue weighted by Crippen LogP contribution is 2.33. The van der Waals surface area contributed by atoms with Crippen LogP contribution in [0, 0.1) is 0 Å². The molecule has 1 N–H and O–H groups in total. The maximum Gasteiger partial charge on any atom is 0.122 e. The third kappa shape index (κ3) is 2.51. The highest BCUT2D eigenvalue weighted by atomic mass is 35.5. The summed E-state index contributed by atoms with van der Waals surface area (Å²) in [6, 6.07) is 12.0. The molecular formula is C16H15Cl2NO. The van der Waals surface area contributed by atoms with E-state index >= 15 is 0 Å². The number of hydrogen-bond donors (Lipinski definition) is 1. The van der Waals surface area contributed by atoms with Crippen LogP contribution in [-0.4, -0.2) is 13.7 Å². The zero-order chi connectivity index (χ0) is 14.1. The number of rotatable bonds is 3. The van der Waals surface area contributed by atoms with E-state index in [0.717, 1.165) is 24.3 Å². The van der Waals surface area contributed by atoms with E-state index in [2.05, 4.69) is 17.4 Å². The highest BCUT2D eigenvalue weighted by molar-refractivity contribution is 6.35. The van der Waals surface area contributed by atoms with E-state index in [1.54, 1.807) is 6.07 Å². The Labute approximate surface area is 128 Å². The molecule has 0 fully saturated rings. The first-order valence-electron chi connectivity index (χ1n) is 6.57. The molecule has 0 saturated carbocycles. The Hall–Kier alpha value is -1.22. The Morgan fingerprint density at radius 2 is 2.00 bits per heavy atom. The summed E-state index contributed by atoms with van der Waals surface area (Å²) in [5.41, 5.74) is 3.46. The molecule has 104 valence electrons. The normalized spacial score (nSPS) is 14.8. The molecule has 0 saturated heterocycles. The lowest BCUT2D eigenvalue weighted by atomic mass is 9.96. The van der Waals surface area contributed by atoms with Crippen molar-refractivity contribution in [3.8, 4) is 5.75 Å². The van der Waals surface area contributed by atoms with Gasteiger partial charge in [-0.3, -0.25) is 0 Å². The average Bonchev–Trinajstić information content (AvgIpc) is 2.89. The molecule has 0 spiro atoms.